The quantitative estimate of drug-likeness (QED) is 0.658. The summed E-state index contributed by atoms with van der Waals surface area (Å²) in [4.78, 5) is 2.43. The van der Waals surface area contributed by atoms with E-state index >= 15 is 0 Å². The minimum absolute atomic E-state index is 0.764. The Balaban J connectivity index is 2.25. The monoisotopic (exact) mass is 196 g/mol. The molecule has 0 atom stereocenters. The molecule has 0 aromatic heterocycles. The maximum Gasteiger partial charge on any atom is 0.0161 e. The van der Waals surface area contributed by atoms with Crippen molar-refractivity contribution in [2.45, 2.75) is 32.1 Å². The summed E-state index contributed by atoms with van der Waals surface area (Å²) in [6.07, 6.45) is 9.11. The maximum atomic E-state index is 5.59. The molecule has 0 radical (unpaired) electrons. The van der Waals surface area contributed by atoms with E-state index < -0.39 is 0 Å². The molecule has 0 amide bonds. The normalized spacial score (nSPS) is 18.7. The fourth-order valence-corrected chi connectivity index (χ4v) is 2.36. The van der Waals surface area contributed by atoms with Crippen molar-refractivity contribution < 1.29 is 0 Å². The lowest BCUT2D eigenvalue weighted by atomic mass is 9.89. The van der Waals surface area contributed by atoms with E-state index in [2.05, 4.69) is 11.5 Å². The van der Waals surface area contributed by atoms with Gasteiger partial charge in [0.25, 0.3) is 0 Å². The molecular formula is C12H24N2. The SMILES string of the molecule is C=CCN(CCN)CC1CCCCC1. The van der Waals surface area contributed by atoms with Crippen LogP contribution in [0.25, 0.3) is 0 Å². The molecule has 0 aromatic carbocycles. The molecule has 0 heterocycles. The van der Waals surface area contributed by atoms with Gasteiger partial charge in [-0.05, 0) is 18.8 Å². The molecule has 14 heavy (non-hydrogen) atoms. The van der Waals surface area contributed by atoms with Gasteiger partial charge in [0.2, 0.25) is 0 Å². The second kappa shape index (κ2) is 7.02. The Morgan fingerprint density at radius 3 is 2.57 bits per heavy atom. The lowest BCUT2D eigenvalue weighted by Gasteiger charge is -2.28. The standard InChI is InChI=1S/C12H24N2/c1-2-9-14(10-8-13)11-12-6-4-3-5-7-12/h2,12H,1,3-11,13H2. The van der Waals surface area contributed by atoms with E-state index in [0.717, 1.165) is 25.6 Å². The van der Waals surface area contributed by atoms with Crippen molar-refractivity contribution >= 4 is 0 Å². The summed E-state index contributed by atoms with van der Waals surface area (Å²) >= 11 is 0. The minimum Gasteiger partial charge on any atom is -0.329 e. The van der Waals surface area contributed by atoms with Crippen molar-refractivity contribution in [3.63, 3.8) is 0 Å². The highest BCUT2D eigenvalue weighted by atomic mass is 15.1. The summed E-state index contributed by atoms with van der Waals surface area (Å²) in [6, 6.07) is 0. The number of hydrogen-bond donors (Lipinski definition) is 1. The largest absolute Gasteiger partial charge is 0.329 e. The van der Waals surface area contributed by atoms with Crippen LogP contribution >= 0.6 is 0 Å². The van der Waals surface area contributed by atoms with Gasteiger partial charge in [0.1, 0.15) is 0 Å². The molecule has 1 aliphatic rings. The predicted molar refractivity (Wildman–Crippen MR) is 62.3 cm³/mol. The van der Waals surface area contributed by atoms with Gasteiger partial charge in [-0.15, -0.1) is 6.58 Å². The predicted octanol–water partition coefficient (Wildman–Crippen LogP) is 2.01. The fourth-order valence-electron chi connectivity index (χ4n) is 2.36. The van der Waals surface area contributed by atoms with Gasteiger partial charge < -0.3 is 5.73 Å². The van der Waals surface area contributed by atoms with Crippen LogP contribution in [-0.4, -0.2) is 31.1 Å². The van der Waals surface area contributed by atoms with E-state index in [1.807, 2.05) is 6.08 Å². The smallest absolute Gasteiger partial charge is 0.0161 e. The Morgan fingerprint density at radius 2 is 2.00 bits per heavy atom. The zero-order chi connectivity index (χ0) is 10.2. The first-order valence-corrected chi connectivity index (χ1v) is 5.90. The summed E-state index contributed by atoms with van der Waals surface area (Å²) in [5.41, 5.74) is 5.59. The van der Waals surface area contributed by atoms with Crippen LogP contribution in [-0.2, 0) is 0 Å². The molecule has 0 unspecified atom stereocenters. The van der Waals surface area contributed by atoms with Crippen molar-refractivity contribution in [1.29, 1.82) is 0 Å². The Labute approximate surface area is 88.2 Å². The third kappa shape index (κ3) is 4.25. The van der Waals surface area contributed by atoms with Crippen molar-refractivity contribution in [2.24, 2.45) is 11.7 Å². The highest BCUT2D eigenvalue weighted by Gasteiger charge is 2.15. The first-order chi connectivity index (χ1) is 6.86. The molecule has 2 N–H and O–H groups in total. The van der Waals surface area contributed by atoms with E-state index in [-0.39, 0.29) is 0 Å². The first kappa shape index (κ1) is 11.7. The molecular weight excluding hydrogens is 172 g/mol. The number of nitrogens with zero attached hydrogens (tertiary/aromatic N) is 1. The molecule has 0 bridgehead atoms. The van der Waals surface area contributed by atoms with Crippen LogP contribution in [0.1, 0.15) is 32.1 Å². The van der Waals surface area contributed by atoms with Crippen molar-refractivity contribution in [3.05, 3.63) is 12.7 Å². The Bertz CT molecular complexity index is 150. The Hall–Kier alpha value is -0.340. The van der Waals surface area contributed by atoms with Crippen LogP contribution in [0.2, 0.25) is 0 Å². The van der Waals surface area contributed by atoms with Gasteiger partial charge in [0, 0.05) is 26.2 Å². The molecule has 2 nitrogen and oxygen atoms in total. The summed E-state index contributed by atoms with van der Waals surface area (Å²) in [5.74, 6) is 0.912. The van der Waals surface area contributed by atoms with Gasteiger partial charge in [-0.2, -0.15) is 0 Å². The van der Waals surface area contributed by atoms with E-state index in [1.54, 1.807) is 0 Å². The molecule has 1 saturated carbocycles. The fraction of sp³-hybridized carbons (Fsp3) is 0.833. The average molecular weight is 196 g/mol. The van der Waals surface area contributed by atoms with Gasteiger partial charge in [-0.25, -0.2) is 0 Å². The third-order valence-corrected chi connectivity index (χ3v) is 3.07. The second-order valence-electron chi connectivity index (χ2n) is 4.34. The van der Waals surface area contributed by atoms with Crippen LogP contribution in [0, 0.1) is 5.92 Å². The summed E-state index contributed by atoms with van der Waals surface area (Å²) in [7, 11) is 0. The van der Waals surface area contributed by atoms with Gasteiger partial charge in [0.15, 0.2) is 0 Å². The molecule has 82 valence electrons. The summed E-state index contributed by atoms with van der Waals surface area (Å²) in [6.45, 7) is 7.79. The van der Waals surface area contributed by atoms with Gasteiger partial charge in [-0.3, -0.25) is 4.90 Å². The minimum atomic E-state index is 0.764. The lowest BCUT2D eigenvalue weighted by Crippen LogP contribution is -2.34. The zero-order valence-electron chi connectivity index (χ0n) is 9.25. The highest BCUT2D eigenvalue weighted by molar-refractivity contribution is 4.77. The molecule has 0 aliphatic heterocycles. The van der Waals surface area contributed by atoms with Gasteiger partial charge in [-0.1, -0.05) is 25.3 Å². The number of hydrogen-bond acceptors (Lipinski definition) is 2. The Kier molecular flexibility index (Phi) is 5.88. The maximum absolute atomic E-state index is 5.59. The highest BCUT2D eigenvalue weighted by Crippen LogP contribution is 2.24. The van der Waals surface area contributed by atoms with E-state index in [1.165, 1.54) is 38.6 Å². The molecule has 1 aliphatic carbocycles. The van der Waals surface area contributed by atoms with E-state index in [0.29, 0.717) is 0 Å². The van der Waals surface area contributed by atoms with Crippen LogP contribution in [0.15, 0.2) is 12.7 Å². The molecule has 0 aromatic rings. The van der Waals surface area contributed by atoms with Crippen LogP contribution in [0.4, 0.5) is 0 Å². The zero-order valence-corrected chi connectivity index (χ0v) is 9.25. The summed E-state index contributed by atoms with van der Waals surface area (Å²) in [5, 5.41) is 0. The van der Waals surface area contributed by atoms with Crippen molar-refractivity contribution in [2.75, 3.05) is 26.2 Å². The average Bonchev–Trinajstić information content (AvgIpc) is 2.20. The lowest BCUT2D eigenvalue weighted by molar-refractivity contribution is 0.221. The number of nitrogens with two attached hydrogens (primary N) is 1. The van der Waals surface area contributed by atoms with Crippen LogP contribution in [0.3, 0.4) is 0 Å². The van der Waals surface area contributed by atoms with E-state index in [9.17, 15) is 0 Å². The van der Waals surface area contributed by atoms with E-state index in [4.69, 9.17) is 5.73 Å². The molecule has 1 rings (SSSR count). The van der Waals surface area contributed by atoms with Crippen molar-refractivity contribution in [1.82, 2.24) is 4.90 Å². The topological polar surface area (TPSA) is 29.3 Å². The van der Waals surface area contributed by atoms with Gasteiger partial charge >= 0.3 is 0 Å². The van der Waals surface area contributed by atoms with Crippen LogP contribution in [0.5, 0.6) is 0 Å². The molecule has 0 saturated heterocycles. The Morgan fingerprint density at radius 1 is 1.29 bits per heavy atom. The molecule has 0 spiro atoms. The van der Waals surface area contributed by atoms with Crippen molar-refractivity contribution in [3.8, 4) is 0 Å². The third-order valence-electron chi connectivity index (χ3n) is 3.07. The molecule has 1 fully saturated rings. The second-order valence-corrected chi connectivity index (χ2v) is 4.34. The first-order valence-electron chi connectivity index (χ1n) is 5.90. The van der Waals surface area contributed by atoms with Crippen LogP contribution < -0.4 is 5.73 Å². The number of rotatable bonds is 6. The molecule has 2 heteroatoms. The summed E-state index contributed by atoms with van der Waals surface area (Å²) < 4.78 is 0. The van der Waals surface area contributed by atoms with Gasteiger partial charge in [0.05, 0.1) is 0 Å².